The van der Waals surface area contributed by atoms with Crippen LogP contribution in [-0.2, 0) is 4.79 Å². The minimum absolute atomic E-state index is 0.833. The van der Waals surface area contributed by atoms with Crippen molar-refractivity contribution >= 4 is 5.97 Å². The second-order valence-corrected chi connectivity index (χ2v) is 2.62. The normalized spacial score (nSPS) is 23.2. The first-order valence-electron chi connectivity index (χ1n) is 3.53. The van der Waals surface area contributed by atoms with Crippen LogP contribution in [0.1, 0.15) is 20.3 Å². The highest BCUT2D eigenvalue weighted by atomic mass is 16.4. The molecule has 3 nitrogen and oxygen atoms in total. The predicted octanol–water partition coefficient (Wildman–Crippen LogP) is 0.707. The lowest BCUT2D eigenvalue weighted by molar-refractivity contribution is -0.134. The fourth-order valence-corrected chi connectivity index (χ4v) is 0.799. The van der Waals surface area contributed by atoms with E-state index in [0.29, 0.717) is 0 Å². The van der Waals surface area contributed by atoms with Crippen molar-refractivity contribution in [2.24, 2.45) is 5.92 Å². The maximum Gasteiger partial charge on any atom is 0.300 e. The van der Waals surface area contributed by atoms with Gasteiger partial charge in [0.05, 0.1) is 0 Å². The van der Waals surface area contributed by atoms with E-state index in [1.807, 2.05) is 0 Å². The number of hydrogen-bond donors (Lipinski definition) is 2. The average Bonchev–Trinajstić information content (AvgIpc) is 2.15. The second-order valence-electron chi connectivity index (χ2n) is 2.62. The maximum absolute atomic E-state index is 9.00. The summed E-state index contributed by atoms with van der Waals surface area (Å²) in [6.07, 6.45) is 1.38. The van der Waals surface area contributed by atoms with Crippen LogP contribution in [0.25, 0.3) is 0 Å². The van der Waals surface area contributed by atoms with Gasteiger partial charge in [0.15, 0.2) is 0 Å². The molecule has 0 aromatic heterocycles. The first-order chi connectivity index (χ1) is 4.63. The Balaban J connectivity index is 0.000000180. The van der Waals surface area contributed by atoms with Crippen molar-refractivity contribution in [2.75, 3.05) is 13.1 Å². The van der Waals surface area contributed by atoms with Crippen molar-refractivity contribution in [3.05, 3.63) is 0 Å². The van der Waals surface area contributed by atoms with E-state index in [0.717, 1.165) is 12.8 Å². The minimum Gasteiger partial charge on any atom is -0.481 e. The Morgan fingerprint density at radius 2 is 2.20 bits per heavy atom. The predicted molar refractivity (Wildman–Crippen MR) is 40.0 cm³/mol. The molecule has 1 unspecified atom stereocenters. The SMILES string of the molecule is CC(=O)O.CC1CCNC1. The van der Waals surface area contributed by atoms with Crippen molar-refractivity contribution in [3.8, 4) is 0 Å². The monoisotopic (exact) mass is 145 g/mol. The molecule has 0 spiro atoms. The summed E-state index contributed by atoms with van der Waals surface area (Å²) in [7, 11) is 0. The van der Waals surface area contributed by atoms with Gasteiger partial charge in [0.25, 0.3) is 5.97 Å². The smallest absolute Gasteiger partial charge is 0.300 e. The molecule has 2 N–H and O–H groups in total. The number of nitrogens with one attached hydrogen (secondary N) is 1. The quantitative estimate of drug-likeness (QED) is 0.527. The second kappa shape index (κ2) is 5.23. The van der Waals surface area contributed by atoms with Gasteiger partial charge in [-0.2, -0.15) is 0 Å². The Labute approximate surface area is 61.4 Å². The number of carboxylic acid groups (broad SMARTS) is 1. The summed E-state index contributed by atoms with van der Waals surface area (Å²) in [4.78, 5) is 9.00. The topological polar surface area (TPSA) is 49.3 Å². The summed E-state index contributed by atoms with van der Waals surface area (Å²) in [6.45, 7) is 5.83. The number of rotatable bonds is 0. The van der Waals surface area contributed by atoms with Crippen LogP contribution in [0.2, 0.25) is 0 Å². The van der Waals surface area contributed by atoms with Crippen LogP contribution in [0.5, 0.6) is 0 Å². The van der Waals surface area contributed by atoms with Crippen molar-refractivity contribution in [1.82, 2.24) is 5.32 Å². The third kappa shape index (κ3) is 7.43. The summed E-state index contributed by atoms with van der Waals surface area (Å²) in [5.74, 6) is 0.102. The zero-order chi connectivity index (χ0) is 7.98. The van der Waals surface area contributed by atoms with Gasteiger partial charge >= 0.3 is 0 Å². The summed E-state index contributed by atoms with van der Waals surface area (Å²) in [5, 5.41) is 10.7. The highest BCUT2D eigenvalue weighted by Gasteiger charge is 2.06. The molecule has 1 saturated heterocycles. The van der Waals surface area contributed by atoms with Gasteiger partial charge in [0.1, 0.15) is 0 Å². The first-order valence-corrected chi connectivity index (χ1v) is 3.53. The Hall–Kier alpha value is -0.570. The van der Waals surface area contributed by atoms with Crippen LogP contribution in [0, 0.1) is 5.92 Å². The summed E-state index contributed by atoms with van der Waals surface area (Å²) < 4.78 is 0. The molecule has 0 aliphatic carbocycles. The van der Waals surface area contributed by atoms with E-state index in [4.69, 9.17) is 9.90 Å². The molecule has 1 atom stereocenters. The zero-order valence-corrected chi connectivity index (χ0v) is 6.55. The molecule has 0 amide bonds. The molecule has 1 fully saturated rings. The number of hydrogen-bond acceptors (Lipinski definition) is 2. The molecule has 1 aliphatic rings. The van der Waals surface area contributed by atoms with Gasteiger partial charge in [-0.3, -0.25) is 4.79 Å². The largest absolute Gasteiger partial charge is 0.481 e. The molecule has 60 valence electrons. The Morgan fingerprint density at radius 3 is 2.30 bits per heavy atom. The van der Waals surface area contributed by atoms with Gasteiger partial charge in [0.2, 0.25) is 0 Å². The van der Waals surface area contributed by atoms with E-state index in [1.165, 1.54) is 19.5 Å². The van der Waals surface area contributed by atoms with Gasteiger partial charge in [-0.1, -0.05) is 6.92 Å². The summed E-state index contributed by atoms with van der Waals surface area (Å²) >= 11 is 0. The van der Waals surface area contributed by atoms with Crippen LogP contribution >= 0.6 is 0 Å². The number of carbonyl (C=O) groups is 1. The Bertz CT molecular complexity index is 93.8. The van der Waals surface area contributed by atoms with E-state index >= 15 is 0 Å². The van der Waals surface area contributed by atoms with E-state index in [1.54, 1.807) is 0 Å². The molecule has 1 rings (SSSR count). The molecule has 3 heteroatoms. The molecule has 1 heterocycles. The lowest BCUT2D eigenvalue weighted by atomic mass is 10.2. The molecule has 0 saturated carbocycles. The highest BCUT2D eigenvalue weighted by molar-refractivity contribution is 5.62. The lowest BCUT2D eigenvalue weighted by Crippen LogP contribution is -2.06. The van der Waals surface area contributed by atoms with Crippen molar-refractivity contribution in [2.45, 2.75) is 20.3 Å². The van der Waals surface area contributed by atoms with Crippen LogP contribution in [0.15, 0.2) is 0 Å². The minimum atomic E-state index is -0.833. The van der Waals surface area contributed by atoms with Crippen LogP contribution in [-0.4, -0.2) is 24.2 Å². The molecule has 10 heavy (non-hydrogen) atoms. The summed E-state index contributed by atoms with van der Waals surface area (Å²) in [6, 6.07) is 0. The summed E-state index contributed by atoms with van der Waals surface area (Å²) in [5.41, 5.74) is 0. The van der Waals surface area contributed by atoms with Crippen LogP contribution < -0.4 is 5.32 Å². The van der Waals surface area contributed by atoms with Gasteiger partial charge < -0.3 is 10.4 Å². The Morgan fingerprint density at radius 1 is 1.70 bits per heavy atom. The average molecular weight is 145 g/mol. The standard InChI is InChI=1S/C5H11N.C2H4O2/c1-5-2-3-6-4-5;1-2(3)4/h5-6H,2-4H2,1H3;1H3,(H,3,4). The fourth-order valence-electron chi connectivity index (χ4n) is 0.799. The molecule has 0 aromatic rings. The van der Waals surface area contributed by atoms with Crippen molar-refractivity contribution in [1.29, 1.82) is 0 Å². The lowest BCUT2D eigenvalue weighted by Gasteiger charge is -1.90. The zero-order valence-electron chi connectivity index (χ0n) is 6.55. The molecule has 0 aromatic carbocycles. The van der Waals surface area contributed by atoms with E-state index in [9.17, 15) is 0 Å². The Kier molecular flexibility index (Phi) is 4.94. The third-order valence-electron chi connectivity index (χ3n) is 1.31. The highest BCUT2D eigenvalue weighted by Crippen LogP contribution is 2.03. The van der Waals surface area contributed by atoms with E-state index < -0.39 is 5.97 Å². The third-order valence-corrected chi connectivity index (χ3v) is 1.31. The van der Waals surface area contributed by atoms with E-state index in [-0.39, 0.29) is 0 Å². The molecule has 0 radical (unpaired) electrons. The molecular weight excluding hydrogens is 130 g/mol. The van der Waals surface area contributed by atoms with Crippen LogP contribution in [0.3, 0.4) is 0 Å². The van der Waals surface area contributed by atoms with E-state index in [2.05, 4.69) is 12.2 Å². The van der Waals surface area contributed by atoms with Gasteiger partial charge in [0, 0.05) is 6.92 Å². The van der Waals surface area contributed by atoms with Gasteiger partial charge in [-0.05, 0) is 25.4 Å². The van der Waals surface area contributed by atoms with Crippen LogP contribution in [0.4, 0.5) is 0 Å². The maximum atomic E-state index is 9.00. The van der Waals surface area contributed by atoms with Crippen molar-refractivity contribution < 1.29 is 9.90 Å². The molecule has 1 aliphatic heterocycles. The molecular formula is C7H15NO2. The fraction of sp³-hybridized carbons (Fsp3) is 0.857. The number of aliphatic carboxylic acids is 1. The van der Waals surface area contributed by atoms with Crippen molar-refractivity contribution in [3.63, 3.8) is 0 Å². The van der Waals surface area contributed by atoms with Gasteiger partial charge in [-0.25, -0.2) is 0 Å². The molecule has 0 bridgehead atoms. The number of carboxylic acids is 1. The van der Waals surface area contributed by atoms with Gasteiger partial charge in [-0.15, -0.1) is 0 Å². The first kappa shape index (κ1) is 9.43.